The van der Waals surface area contributed by atoms with Crippen molar-refractivity contribution in [1.29, 1.82) is 0 Å². The molecule has 0 aromatic heterocycles. The summed E-state index contributed by atoms with van der Waals surface area (Å²) in [5.74, 6) is 2.14. The van der Waals surface area contributed by atoms with Gasteiger partial charge in [0, 0.05) is 13.0 Å². The molecule has 0 fully saturated rings. The second-order valence-electron chi connectivity index (χ2n) is 4.13. The maximum atomic E-state index is 8.93. The van der Waals surface area contributed by atoms with Gasteiger partial charge in [0.2, 0.25) is 0 Å². The Balaban J connectivity index is 0. The summed E-state index contributed by atoms with van der Waals surface area (Å²) in [6.45, 7) is 9.58. The molecule has 3 nitrogen and oxygen atoms in total. The lowest BCUT2D eigenvalue weighted by Gasteiger charge is -2.12. The van der Waals surface area contributed by atoms with Crippen molar-refractivity contribution in [3.8, 4) is 12.3 Å². The predicted octanol–water partition coefficient (Wildman–Crippen LogP) is 1.57. The lowest BCUT2D eigenvalue weighted by molar-refractivity contribution is 0.0300. The van der Waals surface area contributed by atoms with Crippen molar-refractivity contribution >= 4 is 0 Å². The minimum absolute atomic E-state index is 0.0722. The zero-order valence-electron chi connectivity index (χ0n) is 10.4. The number of aliphatic hydroxyl groups is 2. The molecule has 0 aliphatic heterocycles. The van der Waals surface area contributed by atoms with E-state index in [2.05, 4.69) is 5.92 Å². The van der Waals surface area contributed by atoms with E-state index in [0.29, 0.717) is 12.2 Å². The van der Waals surface area contributed by atoms with Gasteiger partial charge >= 0.3 is 0 Å². The van der Waals surface area contributed by atoms with Gasteiger partial charge in [-0.25, -0.2) is 0 Å². The van der Waals surface area contributed by atoms with Crippen molar-refractivity contribution in [1.82, 2.24) is 0 Å². The van der Waals surface area contributed by atoms with E-state index in [1.807, 2.05) is 27.7 Å². The summed E-state index contributed by atoms with van der Waals surface area (Å²) in [4.78, 5) is 0. The van der Waals surface area contributed by atoms with Gasteiger partial charge in [-0.05, 0) is 34.6 Å². The van der Waals surface area contributed by atoms with Gasteiger partial charge in [-0.15, -0.1) is 6.42 Å². The van der Waals surface area contributed by atoms with Crippen molar-refractivity contribution < 1.29 is 14.9 Å². The largest absolute Gasteiger partial charge is 0.396 e. The van der Waals surface area contributed by atoms with Crippen molar-refractivity contribution in [3.63, 3.8) is 0 Å². The maximum absolute atomic E-state index is 8.93. The molecule has 0 aliphatic carbocycles. The molecule has 3 heteroatoms. The first-order valence-corrected chi connectivity index (χ1v) is 5.21. The molecule has 0 aliphatic rings. The third-order valence-corrected chi connectivity index (χ3v) is 1.45. The van der Waals surface area contributed by atoms with Gasteiger partial charge in [-0.3, -0.25) is 0 Å². The Hall–Kier alpha value is -0.560. The van der Waals surface area contributed by atoms with E-state index in [9.17, 15) is 0 Å². The number of ether oxygens (including phenoxy) is 1. The molecule has 1 unspecified atom stereocenters. The molecular weight excluding hydrogens is 192 g/mol. The first-order valence-electron chi connectivity index (χ1n) is 5.21. The van der Waals surface area contributed by atoms with E-state index < -0.39 is 5.60 Å². The van der Waals surface area contributed by atoms with Crippen LogP contribution in [0.3, 0.4) is 0 Å². The summed E-state index contributed by atoms with van der Waals surface area (Å²) < 4.78 is 5.25. The van der Waals surface area contributed by atoms with Gasteiger partial charge < -0.3 is 14.9 Å². The van der Waals surface area contributed by atoms with E-state index in [-0.39, 0.29) is 13.0 Å². The zero-order chi connectivity index (χ0) is 12.5. The normalized spacial score (nSPS) is 14.1. The summed E-state index contributed by atoms with van der Waals surface area (Å²) in [6, 6.07) is 0. The molecular formula is C12H24O3. The highest BCUT2D eigenvalue weighted by molar-refractivity contribution is 5.03. The highest BCUT2D eigenvalue weighted by Crippen LogP contribution is 2.04. The Kier molecular flexibility index (Phi) is 9.80. The molecule has 2 N–H and O–H groups in total. The average Bonchev–Trinajstić information content (AvgIpc) is 2.02. The van der Waals surface area contributed by atoms with E-state index in [1.54, 1.807) is 0 Å². The van der Waals surface area contributed by atoms with Crippen LogP contribution in [0.1, 0.15) is 41.0 Å². The Morgan fingerprint density at radius 1 is 1.27 bits per heavy atom. The number of terminal acetylenes is 1. The predicted molar refractivity (Wildman–Crippen MR) is 62.5 cm³/mol. The highest BCUT2D eigenvalue weighted by Gasteiger charge is 2.13. The first kappa shape index (κ1) is 16.9. The van der Waals surface area contributed by atoms with Crippen LogP contribution in [0.2, 0.25) is 0 Å². The van der Waals surface area contributed by atoms with Gasteiger partial charge in [0.1, 0.15) is 5.60 Å². The second-order valence-corrected chi connectivity index (χ2v) is 4.13. The van der Waals surface area contributed by atoms with Crippen LogP contribution in [0.25, 0.3) is 0 Å². The molecule has 0 heterocycles. The zero-order valence-corrected chi connectivity index (χ0v) is 10.4. The molecule has 15 heavy (non-hydrogen) atoms. The first-order chi connectivity index (χ1) is 6.75. The van der Waals surface area contributed by atoms with Crippen LogP contribution in [0.4, 0.5) is 0 Å². The number of rotatable bonds is 4. The molecule has 0 aromatic carbocycles. The van der Waals surface area contributed by atoms with Gasteiger partial charge in [-0.2, -0.15) is 0 Å². The van der Waals surface area contributed by atoms with Crippen molar-refractivity contribution in [2.75, 3.05) is 6.61 Å². The molecule has 0 amide bonds. The van der Waals surface area contributed by atoms with Crippen LogP contribution in [-0.4, -0.2) is 34.6 Å². The summed E-state index contributed by atoms with van der Waals surface area (Å²) in [5, 5.41) is 17.2. The lowest BCUT2D eigenvalue weighted by Crippen LogP contribution is -2.22. The smallest absolute Gasteiger partial charge is 0.124 e. The summed E-state index contributed by atoms with van der Waals surface area (Å²) in [5.41, 5.74) is -1.13. The Labute approximate surface area is 93.5 Å². The third-order valence-electron chi connectivity index (χ3n) is 1.45. The molecule has 0 bridgehead atoms. The number of hydrogen-bond acceptors (Lipinski definition) is 3. The van der Waals surface area contributed by atoms with Gasteiger partial charge in [0.05, 0.1) is 12.2 Å². The molecule has 90 valence electrons. The number of aliphatic hydroxyl groups excluding tert-OH is 1. The monoisotopic (exact) mass is 216 g/mol. The highest BCUT2D eigenvalue weighted by atomic mass is 16.5. The third kappa shape index (κ3) is 16.1. The van der Waals surface area contributed by atoms with Crippen LogP contribution in [0.15, 0.2) is 0 Å². The molecule has 1 atom stereocenters. The van der Waals surface area contributed by atoms with E-state index in [0.717, 1.165) is 0 Å². The second kappa shape index (κ2) is 8.72. The van der Waals surface area contributed by atoms with Crippen molar-refractivity contribution in [2.24, 2.45) is 0 Å². The van der Waals surface area contributed by atoms with E-state index >= 15 is 0 Å². The fraction of sp³-hybridized carbons (Fsp3) is 0.833. The van der Waals surface area contributed by atoms with E-state index in [1.165, 1.54) is 6.92 Å². The SMILES string of the molecule is C#CC(C)(O)CCO.CC(C)OC(C)C. The Morgan fingerprint density at radius 3 is 1.73 bits per heavy atom. The van der Waals surface area contributed by atoms with Gasteiger partial charge in [-0.1, -0.05) is 5.92 Å². The standard InChI is InChI=1S/C6H10O2.C6H14O/c1-3-6(2,8)4-5-7;1-5(2)7-6(3)4/h1,7-8H,4-5H2,2H3;5-6H,1-4H3. The minimum atomic E-state index is -1.13. The van der Waals surface area contributed by atoms with Crippen LogP contribution in [0.5, 0.6) is 0 Å². The van der Waals surface area contributed by atoms with Crippen molar-refractivity contribution in [2.45, 2.75) is 58.8 Å². The number of hydrogen-bond donors (Lipinski definition) is 2. The minimum Gasteiger partial charge on any atom is -0.396 e. The summed E-state index contributed by atoms with van der Waals surface area (Å²) in [7, 11) is 0. The van der Waals surface area contributed by atoms with Crippen LogP contribution < -0.4 is 0 Å². The average molecular weight is 216 g/mol. The van der Waals surface area contributed by atoms with Crippen LogP contribution in [0, 0.1) is 12.3 Å². The molecule has 0 saturated heterocycles. The maximum Gasteiger partial charge on any atom is 0.124 e. The van der Waals surface area contributed by atoms with E-state index in [4.69, 9.17) is 21.4 Å². The van der Waals surface area contributed by atoms with Gasteiger partial charge in [0.25, 0.3) is 0 Å². The molecule has 0 rings (SSSR count). The van der Waals surface area contributed by atoms with Crippen molar-refractivity contribution in [3.05, 3.63) is 0 Å². The topological polar surface area (TPSA) is 49.7 Å². The molecule has 0 saturated carbocycles. The lowest BCUT2D eigenvalue weighted by atomic mass is 10.1. The van der Waals surface area contributed by atoms with Crippen LogP contribution in [-0.2, 0) is 4.74 Å². The summed E-state index contributed by atoms with van der Waals surface area (Å²) >= 11 is 0. The molecule has 0 aromatic rings. The molecule has 0 radical (unpaired) electrons. The van der Waals surface area contributed by atoms with Gasteiger partial charge in [0.15, 0.2) is 0 Å². The Bertz CT molecular complexity index is 172. The fourth-order valence-electron chi connectivity index (χ4n) is 0.834. The molecule has 0 spiro atoms. The fourth-order valence-corrected chi connectivity index (χ4v) is 0.834. The Morgan fingerprint density at radius 2 is 1.67 bits per heavy atom. The summed E-state index contributed by atoms with van der Waals surface area (Å²) in [6.07, 6.45) is 5.87. The quantitative estimate of drug-likeness (QED) is 0.701. The van der Waals surface area contributed by atoms with Crippen LogP contribution >= 0.6 is 0 Å².